The van der Waals surface area contributed by atoms with Gasteiger partial charge in [-0.3, -0.25) is 4.79 Å². The maximum absolute atomic E-state index is 13.8. The summed E-state index contributed by atoms with van der Waals surface area (Å²) in [6, 6.07) is 0. The van der Waals surface area contributed by atoms with E-state index in [0.29, 0.717) is 32.1 Å². The Morgan fingerprint density at radius 2 is 1.44 bits per heavy atom. The normalized spacial score (nSPS) is 48.9. The van der Waals surface area contributed by atoms with Gasteiger partial charge in [-0.1, -0.05) is 13.2 Å². The number of carbonyl (C=O) groups is 1. The van der Waals surface area contributed by atoms with Crippen LogP contribution >= 0.6 is 0 Å². The Balaban J connectivity index is 1.000. The average molecular weight is 702 g/mol. The van der Waals surface area contributed by atoms with Crippen LogP contribution in [-0.4, -0.2) is 122 Å². The van der Waals surface area contributed by atoms with Gasteiger partial charge in [0.15, 0.2) is 0 Å². The van der Waals surface area contributed by atoms with Gasteiger partial charge in [-0.15, -0.1) is 0 Å². The average Bonchev–Trinajstić information content (AvgIpc) is 3.85. The molecule has 0 spiro atoms. The van der Waals surface area contributed by atoms with Gasteiger partial charge >= 0.3 is 0 Å². The summed E-state index contributed by atoms with van der Waals surface area (Å²) in [6.45, 7) is 8.97. The number of ether oxygens (including phenoxy) is 8. The fraction of sp³-hybridized carbons (Fsp3) is 0.872. The molecule has 8 unspecified atom stereocenters. The highest BCUT2D eigenvalue weighted by atomic mass is 16.7. The Hall–Kier alpha value is -1.25. The van der Waals surface area contributed by atoms with Gasteiger partial charge in [0.05, 0.1) is 67.1 Å². The molecule has 11 nitrogen and oxygen atoms in total. The van der Waals surface area contributed by atoms with Gasteiger partial charge in [-0.05, 0) is 81.3 Å². The Bertz CT molecular complexity index is 1250. The molecule has 3 N–H and O–H groups in total. The highest BCUT2D eigenvalue weighted by Crippen LogP contribution is 2.46. The molecule has 0 aromatic rings. The van der Waals surface area contributed by atoms with Gasteiger partial charge in [-0.2, -0.15) is 0 Å². The second kappa shape index (κ2) is 15.2. The minimum atomic E-state index is -0.632. The van der Waals surface area contributed by atoms with Crippen molar-refractivity contribution in [1.29, 1.82) is 0 Å². The summed E-state index contributed by atoms with van der Waals surface area (Å²) in [7, 11) is 1.72. The van der Waals surface area contributed by atoms with Crippen LogP contribution in [0.2, 0.25) is 0 Å². The number of rotatable bonds is 4. The van der Waals surface area contributed by atoms with E-state index in [0.717, 1.165) is 69.8 Å². The minimum absolute atomic E-state index is 0.0211. The van der Waals surface area contributed by atoms with Crippen molar-refractivity contribution in [1.82, 2.24) is 0 Å². The number of aliphatic hydroxyl groups is 1. The molecule has 0 aliphatic carbocycles. The van der Waals surface area contributed by atoms with Crippen LogP contribution in [0.4, 0.5) is 0 Å². The van der Waals surface area contributed by atoms with Crippen molar-refractivity contribution in [3.05, 3.63) is 24.3 Å². The van der Waals surface area contributed by atoms with Crippen molar-refractivity contribution >= 4 is 5.78 Å². The summed E-state index contributed by atoms with van der Waals surface area (Å²) in [5.74, 6) is 0.191. The number of fused-ring (bicyclic) bond motifs is 1. The summed E-state index contributed by atoms with van der Waals surface area (Å²) in [6.07, 6.45) is 9.16. The molecule has 50 heavy (non-hydrogen) atoms. The Morgan fingerprint density at radius 1 is 0.700 bits per heavy atom. The van der Waals surface area contributed by atoms with Crippen molar-refractivity contribution in [3.8, 4) is 0 Å². The molecule has 17 atom stereocenters. The predicted molar refractivity (Wildman–Crippen MR) is 183 cm³/mol. The SMILES string of the molecule is C=C1CCC2CC[C@@H]3O[C@@H](CC[C@@H]4C[C@H]5OC6C(O[C@H]7CC[C@H](CC(=O)CC8C[C@@H](CC(O)CN)OC8CC1O2)O[C@@H]7[C@@H]6OC)C5O4)CC3=C. The summed E-state index contributed by atoms with van der Waals surface area (Å²) in [4.78, 5) is 13.8. The predicted octanol–water partition coefficient (Wildman–Crippen LogP) is 3.86. The summed E-state index contributed by atoms with van der Waals surface area (Å²) < 4.78 is 52.5. The molecule has 0 radical (unpaired) electrons. The number of ketones is 1. The first-order valence-corrected chi connectivity index (χ1v) is 19.6. The van der Waals surface area contributed by atoms with Crippen LogP contribution < -0.4 is 5.73 Å². The molecule has 0 aromatic carbocycles. The maximum atomic E-state index is 13.8. The standard InChI is InChI=1S/C39H59NO10/c1-20-4-5-25-8-10-30-21(2)12-26(45-30)6-7-28-17-34-36(48-28)38-39(50-34)37(43-3)35-31(49-38)11-9-27(47-35)15-23(41)13-22-14-29(16-24(42)19-40)46-33(22)18-32(20)44-25/h22,24-39,42H,1-2,4-19,40H2,3H3/t22?,24?,25?,26-,27+,28+,29-,30-,31-,32?,33?,34+,35-,36?,37-,38?,39?/m0/s1. The van der Waals surface area contributed by atoms with E-state index >= 15 is 0 Å². The largest absolute Gasteiger partial charge is 0.392 e. The Morgan fingerprint density at radius 3 is 2.28 bits per heavy atom. The van der Waals surface area contributed by atoms with E-state index in [4.69, 9.17) is 43.6 Å². The zero-order valence-corrected chi connectivity index (χ0v) is 29.7. The summed E-state index contributed by atoms with van der Waals surface area (Å²) >= 11 is 0. The van der Waals surface area contributed by atoms with Crippen LogP contribution in [0.3, 0.4) is 0 Å². The smallest absolute Gasteiger partial charge is 0.135 e. The van der Waals surface area contributed by atoms with Crippen LogP contribution in [0.1, 0.15) is 96.3 Å². The highest BCUT2D eigenvalue weighted by molar-refractivity contribution is 5.79. The van der Waals surface area contributed by atoms with Crippen LogP contribution in [0.25, 0.3) is 0 Å². The number of nitrogens with two attached hydrogens (primary N) is 1. The van der Waals surface area contributed by atoms with Crippen molar-refractivity contribution in [3.63, 3.8) is 0 Å². The second-order valence-electron chi connectivity index (χ2n) is 16.5. The van der Waals surface area contributed by atoms with Gasteiger partial charge in [-0.25, -0.2) is 0 Å². The fourth-order valence-electron chi connectivity index (χ4n) is 10.4. The van der Waals surface area contributed by atoms with Crippen LogP contribution in [-0.2, 0) is 42.7 Å². The summed E-state index contributed by atoms with van der Waals surface area (Å²) in [5, 5.41) is 10.3. The van der Waals surface area contributed by atoms with E-state index in [1.807, 2.05) is 0 Å². The molecule has 12 bridgehead atoms. The molecule has 11 saturated heterocycles. The number of carbonyl (C=O) groups excluding carboxylic acids is 1. The highest BCUT2D eigenvalue weighted by Gasteiger charge is 2.60. The van der Waals surface area contributed by atoms with Crippen molar-refractivity contribution in [2.45, 2.75) is 194 Å². The lowest BCUT2D eigenvalue weighted by Gasteiger charge is -2.47. The number of methoxy groups -OCH3 is 1. The molecule has 0 amide bonds. The first-order valence-electron chi connectivity index (χ1n) is 19.6. The zero-order valence-electron chi connectivity index (χ0n) is 29.7. The van der Waals surface area contributed by atoms with E-state index < -0.39 is 6.10 Å². The second-order valence-corrected chi connectivity index (χ2v) is 16.5. The third-order valence-corrected chi connectivity index (χ3v) is 13.1. The Kier molecular flexibility index (Phi) is 10.9. The molecular formula is C39H59NO10. The van der Waals surface area contributed by atoms with E-state index in [2.05, 4.69) is 13.2 Å². The molecule has 11 aliphatic rings. The molecule has 11 fully saturated rings. The van der Waals surface area contributed by atoms with Crippen LogP contribution in [0, 0.1) is 5.92 Å². The molecule has 11 heteroatoms. The van der Waals surface area contributed by atoms with Crippen molar-refractivity contribution in [2.75, 3.05) is 13.7 Å². The van der Waals surface area contributed by atoms with Crippen LogP contribution in [0.15, 0.2) is 24.3 Å². The fourth-order valence-corrected chi connectivity index (χ4v) is 10.4. The van der Waals surface area contributed by atoms with E-state index in [9.17, 15) is 9.90 Å². The zero-order chi connectivity index (χ0) is 34.5. The minimum Gasteiger partial charge on any atom is -0.392 e. The molecule has 11 heterocycles. The molecule has 280 valence electrons. The van der Waals surface area contributed by atoms with E-state index in [1.54, 1.807) is 7.11 Å². The molecule has 11 rings (SSSR count). The Labute approximate surface area is 296 Å². The third-order valence-electron chi connectivity index (χ3n) is 13.1. The summed E-state index contributed by atoms with van der Waals surface area (Å²) in [5.41, 5.74) is 8.02. The first kappa shape index (κ1) is 35.8. The topological polar surface area (TPSA) is 137 Å². The van der Waals surface area contributed by atoms with Crippen molar-refractivity contribution in [2.24, 2.45) is 11.7 Å². The van der Waals surface area contributed by atoms with Crippen molar-refractivity contribution < 1.29 is 47.8 Å². The molecule has 0 saturated carbocycles. The molecule has 11 aliphatic heterocycles. The van der Waals surface area contributed by atoms with Gasteiger partial charge in [0.2, 0.25) is 0 Å². The van der Waals surface area contributed by atoms with Crippen LogP contribution in [0.5, 0.6) is 0 Å². The third kappa shape index (κ3) is 7.43. The first-order chi connectivity index (χ1) is 24.2. The molecule has 0 aromatic heterocycles. The van der Waals surface area contributed by atoms with Gasteiger partial charge < -0.3 is 48.7 Å². The quantitative estimate of drug-likeness (QED) is 0.414. The monoisotopic (exact) mass is 701 g/mol. The lowest BCUT2D eigenvalue weighted by Crippen LogP contribution is -2.62. The number of hydrogen-bond donors (Lipinski definition) is 2. The van der Waals surface area contributed by atoms with E-state index in [-0.39, 0.29) is 110 Å². The van der Waals surface area contributed by atoms with E-state index in [1.165, 1.54) is 5.57 Å². The maximum Gasteiger partial charge on any atom is 0.135 e. The van der Waals surface area contributed by atoms with Gasteiger partial charge in [0.1, 0.15) is 36.3 Å². The number of aliphatic hydroxyl groups excluding tert-OH is 1. The number of hydrogen-bond acceptors (Lipinski definition) is 11. The lowest BCUT2D eigenvalue weighted by molar-refractivity contribution is -0.268. The molecular weight excluding hydrogens is 642 g/mol. The lowest BCUT2D eigenvalue weighted by atomic mass is 9.84. The number of Topliss-reactive ketones (excluding diaryl/α,β-unsaturated/α-hetero) is 1. The van der Waals surface area contributed by atoms with Gasteiger partial charge in [0.25, 0.3) is 0 Å². The van der Waals surface area contributed by atoms with Gasteiger partial charge in [0, 0.05) is 45.8 Å².